The Kier molecular flexibility index (Phi) is 3.84. The summed E-state index contributed by atoms with van der Waals surface area (Å²) in [5.41, 5.74) is 0.885. The highest BCUT2D eigenvalue weighted by Crippen LogP contribution is 2.13. The Hall–Kier alpha value is -1.29. The summed E-state index contributed by atoms with van der Waals surface area (Å²) in [7, 11) is 0. The quantitative estimate of drug-likeness (QED) is 0.843. The van der Waals surface area contributed by atoms with E-state index in [1.807, 2.05) is 28.9 Å². The number of rotatable bonds is 4. The topological polar surface area (TPSA) is 34.9 Å². The normalized spacial score (nSPS) is 12.8. The third-order valence-electron chi connectivity index (χ3n) is 3.03. The van der Waals surface area contributed by atoms with Crippen LogP contribution in [-0.4, -0.2) is 15.5 Å². The first-order valence-electron chi connectivity index (χ1n) is 5.82. The Morgan fingerprint density at radius 3 is 2.88 bits per heavy atom. The summed E-state index contributed by atoms with van der Waals surface area (Å²) < 4.78 is 1.90. The van der Waals surface area contributed by atoms with Crippen LogP contribution in [0, 0.1) is 5.92 Å². The van der Waals surface area contributed by atoms with Crippen LogP contribution < -0.4 is 5.43 Å². The fourth-order valence-electron chi connectivity index (χ4n) is 1.87. The molecule has 0 fully saturated rings. The van der Waals surface area contributed by atoms with Crippen molar-refractivity contribution in [1.82, 2.24) is 9.78 Å². The average Bonchev–Trinajstić information content (AvgIpc) is 2.38. The van der Waals surface area contributed by atoms with Gasteiger partial charge in [-0.3, -0.25) is 9.48 Å². The first-order chi connectivity index (χ1) is 8.26. The SMILES string of the molecule is CCC(CS)Cn1ncc(=O)c2ccccc21. The van der Waals surface area contributed by atoms with Gasteiger partial charge in [0.15, 0.2) is 0 Å². The maximum atomic E-state index is 11.7. The highest BCUT2D eigenvalue weighted by Gasteiger charge is 2.08. The van der Waals surface area contributed by atoms with Crippen LogP contribution in [0.25, 0.3) is 10.9 Å². The van der Waals surface area contributed by atoms with Crippen molar-refractivity contribution in [3.63, 3.8) is 0 Å². The molecule has 0 amide bonds. The zero-order valence-electron chi connectivity index (χ0n) is 9.84. The van der Waals surface area contributed by atoms with E-state index in [1.54, 1.807) is 0 Å². The number of nitrogens with zero attached hydrogens (tertiary/aromatic N) is 2. The van der Waals surface area contributed by atoms with Crippen molar-refractivity contribution in [3.05, 3.63) is 40.7 Å². The van der Waals surface area contributed by atoms with Gasteiger partial charge in [-0.2, -0.15) is 17.7 Å². The Balaban J connectivity index is 2.48. The molecule has 0 spiro atoms. The molecule has 0 bridgehead atoms. The van der Waals surface area contributed by atoms with E-state index in [1.165, 1.54) is 6.20 Å². The van der Waals surface area contributed by atoms with E-state index < -0.39 is 0 Å². The van der Waals surface area contributed by atoms with E-state index in [4.69, 9.17) is 0 Å². The summed E-state index contributed by atoms with van der Waals surface area (Å²) in [6.07, 6.45) is 2.46. The van der Waals surface area contributed by atoms with Gasteiger partial charge in [0.2, 0.25) is 5.43 Å². The summed E-state index contributed by atoms with van der Waals surface area (Å²) >= 11 is 4.34. The highest BCUT2D eigenvalue weighted by atomic mass is 32.1. The molecule has 0 aliphatic heterocycles. The van der Waals surface area contributed by atoms with E-state index in [9.17, 15) is 4.79 Å². The van der Waals surface area contributed by atoms with Gasteiger partial charge in [-0.05, 0) is 23.8 Å². The fraction of sp³-hybridized carbons (Fsp3) is 0.385. The lowest BCUT2D eigenvalue weighted by Crippen LogP contribution is -2.18. The van der Waals surface area contributed by atoms with E-state index in [-0.39, 0.29) is 5.43 Å². The summed E-state index contributed by atoms with van der Waals surface area (Å²) in [5, 5.41) is 4.95. The third-order valence-corrected chi connectivity index (χ3v) is 3.55. The van der Waals surface area contributed by atoms with Crippen molar-refractivity contribution >= 4 is 23.5 Å². The van der Waals surface area contributed by atoms with Gasteiger partial charge in [0, 0.05) is 11.9 Å². The molecule has 0 aliphatic carbocycles. The number of hydrogen-bond donors (Lipinski definition) is 1. The van der Waals surface area contributed by atoms with E-state index >= 15 is 0 Å². The van der Waals surface area contributed by atoms with Gasteiger partial charge in [-0.15, -0.1) is 0 Å². The summed E-state index contributed by atoms with van der Waals surface area (Å²) in [6.45, 7) is 2.95. The number of fused-ring (bicyclic) bond motifs is 1. The van der Waals surface area contributed by atoms with E-state index in [2.05, 4.69) is 24.7 Å². The second-order valence-corrected chi connectivity index (χ2v) is 4.53. The Bertz CT molecular complexity index is 561. The zero-order valence-corrected chi connectivity index (χ0v) is 10.7. The number of benzene rings is 1. The Morgan fingerprint density at radius 1 is 1.41 bits per heavy atom. The first-order valence-corrected chi connectivity index (χ1v) is 6.45. The number of para-hydroxylation sites is 1. The largest absolute Gasteiger partial charge is 0.287 e. The van der Waals surface area contributed by atoms with Crippen LogP contribution in [0.15, 0.2) is 35.3 Å². The Labute approximate surface area is 106 Å². The van der Waals surface area contributed by atoms with Crippen molar-refractivity contribution < 1.29 is 0 Å². The van der Waals surface area contributed by atoms with Crippen molar-refractivity contribution in [2.75, 3.05) is 5.75 Å². The zero-order chi connectivity index (χ0) is 12.3. The molecule has 1 atom stereocenters. The monoisotopic (exact) mass is 248 g/mol. The molecule has 2 rings (SSSR count). The predicted molar refractivity (Wildman–Crippen MR) is 73.6 cm³/mol. The number of aromatic nitrogens is 2. The first kappa shape index (κ1) is 12.2. The van der Waals surface area contributed by atoms with Gasteiger partial charge in [-0.1, -0.05) is 25.5 Å². The van der Waals surface area contributed by atoms with Gasteiger partial charge in [0.25, 0.3) is 0 Å². The van der Waals surface area contributed by atoms with E-state index in [0.717, 1.165) is 29.6 Å². The summed E-state index contributed by atoms with van der Waals surface area (Å²) in [6, 6.07) is 7.60. The molecule has 1 heterocycles. The second kappa shape index (κ2) is 5.36. The lowest BCUT2D eigenvalue weighted by molar-refractivity contribution is 0.451. The summed E-state index contributed by atoms with van der Waals surface area (Å²) in [4.78, 5) is 11.7. The highest BCUT2D eigenvalue weighted by molar-refractivity contribution is 7.80. The van der Waals surface area contributed by atoms with Gasteiger partial charge < -0.3 is 0 Å². The van der Waals surface area contributed by atoms with Crippen molar-refractivity contribution in [2.24, 2.45) is 5.92 Å². The number of hydrogen-bond acceptors (Lipinski definition) is 3. The minimum atomic E-state index is -0.0178. The molecule has 0 N–H and O–H groups in total. The molecule has 0 aliphatic rings. The maximum Gasteiger partial charge on any atom is 0.207 e. The smallest absolute Gasteiger partial charge is 0.207 e. The minimum absolute atomic E-state index is 0.0178. The minimum Gasteiger partial charge on any atom is -0.287 e. The van der Waals surface area contributed by atoms with Gasteiger partial charge in [0.1, 0.15) is 0 Å². The van der Waals surface area contributed by atoms with Crippen molar-refractivity contribution in [3.8, 4) is 0 Å². The van der Waals surface area contributed by atoms with Crippen LogP contribution in [0.1, 0.15) is 13.3 Å². The Morgan fingerprint density at radius 2 is 2.18 bits per heavy atom. The van der Waals surface area contributed by atoms with Crippen LogP contribution >= 0.6 is 12.6 Å². The van der Waals surface area contributed by atoms with Gasteiger partial charge >= 0.3 is 0 Å². The van der Waals surface area contributed by atoms with E-state index in [0.29, 0.717) is 5.92 Å². The van der Waals surface area contributed by atoms with Crippen molar-refractivity contribution in [1.29, 1.82) is 0 Å². The van der Waals surface area contributed by atoms with Crippen molar-refractivity contribution in [2.45, 2.75) is 19.9 Å². The third kappa shape index (κ3) is 2.52. The van der Waals surface area contributed by atoms with Gasteiger partial charge in [-0.25, -0.2) is 0 Å². The summed E-state index contributed by atoms with van der Waals surface area (Å²) in [5.74, 6) is 1.32. The van der Waals surface area contributed by atoms with Gasteiger partial charge in [0.05, 0.1) is 11.7 Å². The predicted octanol–water partition coefficient (Wildman–Crippen LogP) is 2.35. The molecular weight excluding hydrogens is 232 g/mol. The van der Waals surface area contributed by atoms with Crippen LogP contribution in [0.5, 0.6) is 0 Å². The molecule has 17 heavy (non-hydrogen) atoms. The molecule has 90 valence electrons. The average molecular weight is 248 g/mol. The lowest BCUT2D eigenvalue weighted by Gasteiger charge is -2.15. The second-order valence-electron chi connectivity index (χ2n) is 4.16. The van der Waals surface area contributed by atoms with Crippen LogP contribution in [0.2, 0.25) is 0 Å². The molecule has 1 unspecified atom stereocenters. The van der Waals surface area contributed by atoms with Crippen LogP contribution in [-0.2, 0) is 6.54 Å². The fourth-order valence-corrected chi connectivity index (χ4v) is 2.24. The molecule has 1 aromatic carbocycles. The molecule has 0 saturated carbocycles. The molecule has 0 radical (unpaired) electrons. The molecular formula is C13H16N2OS. The van der Waals surface area contributed by atoms with Crippen LogP contribution in [0.3, 0.4) is 0 Å². The standard InChI is InChI=1S/C13H16N2OS/c1-2-10(9-17)8-15-12-6-4-3-5-11(12)13(16)7-14-15/h3-7,10,17H,2,8-9H2,1H3. The molecule has 4 heteroatoms. The molecule has 1 aromatic heterocycles. The lowest BCUT2D eigenvalue weighted by atomic mass is 10.1. The molecule has 3 nitrogen and oxygen atoms in total. The molecule has 0 saturated heterocycles. The maximum absolute atomic E-state index is 11.7. The van der Waals surface area contributed by atoms with Crippen LogP contribution in [0.4, 0.5) is 0 Å². The number of thiol groups is 1. The molecule has 2 aromatic rings.